The summed E-state index contributed by atoms with van der Waals surface area (Å²) in [5, 5.41) is 7.42. The summed E-state index contributed by atoms with van der Waals surface area (Å²) in [5.74, 6) is 0.764. The standard InChI is InChI=1S/C12H22O.C5H5N.C4H8O2.C2H4O2/c1-2-6-11(5-1)9-13-10-12-7-3-4-8-12;1-2-4-6-5-3-1;1-3-6-4(2)5;1-2(3)4/h11-12H,1-10H2;1-5H;3H2,1-2H3;1H3,(H,3,4). The molecule has 29 heavy (non-hydrogen) atoms. The highest BCUT2D eigenvalue weighted by Crippen LogP contribution is 2.27. The van der Waals surface area contributed by atoms with Crippen molar-refractivity contribution in [2.24, 2.45) is 11.8 Å². The van der Waals surface area contributed by atoms with Gasteiger partial charge < -0.3 is 14.6 Å². The molecule has 1 aromatic heterocycles. The van der Waals surface area contributed by atoms with Crippen LogP contribution in [0.1, 0.15) is 72.1 Å². The van der Waals surface area contributed by atoms with Crippen LogP contribution in [0.25, 0.3) is 0 Å². The number of carbonyl (C=O) groups excluding carboxylic acids is 1. The van der Waals surface area contributed by atoms with Crippen molar-refractivity contribution in [3.05, 3.63) is 30.6 Å². The number of hydrogen-bond acceptors (Lipinski definition) is 5. The van der Waals surface area contributed by atoms with E-state index < -0.39 is 5.97 Å². The van der Waals surface area contributed by atoms with Gasteiger partial charge in [-0.2, -0.15) is 0 Å². The molecule has 2 saturated carbocycles. The van der Waals surface area contributed by atoms with Crippen molar-refractivity contribution in [1.82, 2.24) is 4.98 Å². The molecule has 2 aliphatic carbocycles. The van der Waals surface area contributed by atoms with Crippen molar-refractivity contribution >= 4 is 11.9 Å². The topological polar surface area (TPSA) is 85.7 Å². The molecule has 0 unspecified atom stereocenters. The van der Waals surface area contributed by atoms with Crippen molar-refractivity contribution in [2.75, 3.05) is 19.8 Å². The second-order valence-electron chi connectivity index (χ2n) is 7.31. The predicted octanol–water partition coefficient (Wildman–Crippen LogP) is 5.13. The second-order valence-corrected chi connectivity index (χ2v) is 7.31. The molecular formula is C23H39NO5. The molecule has 0 atom stereocenters. The first-order valence-corrected chi connectivity index (χ1v) is 10.7. The third-order valence-corrected chi connectivity index (χ3v) is 4.57. The summed E-state index contributed by atoms with van der Waals surface area (Å²) >= 11 is 0. The number of aliphatic carboxylic acids is 1. The molecule has 1 heterocycles. The smallest absolute Gasteiger partial charge is 0.302 e. The molecule has 1 N–H and O–H groups in total. The van der Waals surface area contributed by atoms with Gasteiger partial charge in [-0.05, 0) is 56.6 Å². The molecular weight excluding hydrogens is 370 g/mol. The number of rotatable bonds is 5. The van der Waals surface area contributed by atoms with E-state index in [-0.39, 0.29) is 5.97 Å². The number of hydrogen-bond donors (Lipinski definition) is 1. The maximum absolute atomic E-state index is 9.82. The maximum Gasteiger partial charge on any atom is 0.302 e. The van der Waals surface area contributed by atoms with Crippen molar-refractivity contribution < 1.29 is 24.2 Å². The quantitative estimate of drug-likeness (QED) is 0.679. The third kappa shape index (κ3) is 20.6. The average molecular weight is 410 g/mol. The molecule has 6 heteroatoms. The number of carboxylic acids is 1. The number of carbonyl (C=O) groups is 2. The Bertz CT molecular complexity index is 451. The van der Waals surface area contributed by atoms with E-state index in [1.54, 1.807) is 19.3 Å². The van der Waals surface area contributed by atoms with Crippen LogP contribution in [0, 0.1) is 11.8 Å². The zero-order valence-corrected chi connectivity index (χ0v) is 18.3. The van der Waals surface area contributed by atoms with Gasteiger partial charge in [-0.1, -0.05) is 31.7 Å². The van der Waals surface area contributed by atoms with E-state index in [0.29, 0.717) is 6.61 Å². The number of esters is 1. The molecule has 3 rings (SSSR count). The zero-order valence-electron chi connectivity index (χ0n) is 18.3. The molecule has 2 aliphatic rings. The van der Waals surface area contributed by atoms with Gasteiger partial charge in [0.25, 0.3) is 5.97 Å². The Kier molecular flexibility index (Phi) is 18.1. The lowest BCUT2D eigenvalue weighted by atomic mass is 10.1. The molecule has 166 valence electrons. The lowest BCUT2D eigenvalue weighted by Gasteiger charge is -2.13. The lowest BCUT2D eigenvalue weighted by molar-refractivity contribution is -0.140. The Labute approximate surface area is 176 Å². The third-order valence-electron chi connectivity index (χ3n) is 4.57. The van der Waals surface area contributed by atoms with E-state index in [1.807, 2.05) is 18.2 Å². The Morgan fingerprint density at radius 1 is 0.897 bits per heavy atom. The van der Waals surface area contributed by atoms with Gasteiger partial charge in [-0.3, -0.25) is 14.6 Å². The summed E-state index contributed by atoms with van der Waals surface area (Å²) < 4.78 is 10.2. The zero-order chi connectivity index (χ0) is 21.7. The van der Waals surface area contributed by atoms with Gasteiger partial charge in [0.1, 0.15) is 0 Å². The number of nitrogens with zero attached hydrogens (tertiary/aromatic N) is 1. The van der Waals surface area contributed by atoms with Crippen LogP contribution >= 0.6 is 0 Å². The van der Waals surface area contributed by atoms with Crippen molar-refractivity contribution in [2.45, 2.75) is 72.1 Å². The van der Waals surface area contributed by atoms with E-state index >= 15 is 0 Å². The first-order valence-electron chi connectivity index (χ1n) is 10.7. The van der Waals surface area contributed by atoms with Crippen molar-refractivity contribution in [1.29, 1.82) is 0 Å². The van der Waals surface area contributed by atoms with Crippen LogP contribution < -0.4 is 0 Å². The summed E-state index contributed by atoms with van der Waals surface area (Å²) in [7, 11) is 0. The molecule has 2 fully saturated rings. The normalized spacial score (nSPS) is 15.7. The number of pyridine rings is 1. The number of aromatic nitrogens is 1. The van der Waals surface area contributed by atoms with Gasteiger partial charge in [0, 0.05) is 39.5 Å². The summed E-state index contributed by atoms with van der Waals surface area (Å²) in [6.07, 6.45) is 15.0. The first-order chi connectivity index (χ1) is 14.0. The van der Waals surface area contributed by atoms with Crippen LogP contribution in [0.4, 0.5) is 0 Å². The second kappa shape index (κ2) is 19.4. The van der Waals surface area contributed by atoms with Gasteiger partial charge >= 0.3 is 5.97 Å². The van der Waals surface area contributed by atoms with Crippen LogP contribution in [0.15, 0.2) is 30.6 Å². The molecule has 0 aromatic carbocycles. The molecule has 0 amide bonds. The molecule has 0 aliphatic heterocycles. The van der Waals surface area contributed by atoms with Gasteiger partial charge in [0.05, 0.1) is 6.61 Å². The van der Waals surface area contributed by atoms with Crippen LogP contribution in [0.5, 0.6) is 0 Å². The van der Waals surface area contributed by atoms with Gasteiger partial charge in [0.2, 0.25) is 0 Å². The Morgan fingerprint density at radius 2 is 1.31 bits per heavy atom. The fourth-order valence-electron chi connectivity index (χ4n) is 3.27. The molecule has 1 aromatic rings. The molecule has 0 bridgehead atoms. The van der Waals surface area contributed by atoms with Crippen molar-refractivity contribution in [3.8, 4) is 0 Å². The van der Waals surface area contributed by atoms with E-state index in [1.165, 1.54) is 58.3 Å². The molecule has 0 saturated heterocycles. The monoisotopic (exact) mass is 409 g/mol. The summed E-state index contributed by atoms with van der Waals surface area (Å²) in [4.78, 5) is 22.6. The van der Waals surface area contributed by atoms with Gasteiger partial charge in [-0.15, -0.1) is 0 Å². The minimum atomic E-state index is -0.833. The fourth-order valence-corrected chi connectivity index (χ4v) is 3.27. The van der Waals surface area contributed by atoms with Gasteiger partial charge in [-0.25, -0.2) is 0 Å². The summed E-state index contributed by atoms with van der Waals surface area (Å²) in [6, 6.07) is 5.72. The largest absolute Gasteiger partial charge is 0.481 e. The Hall–Kier alpha value is -1.95. The summed E-state index contributed by atoms with van der Waals surface area (Å²) in [6.45, 7) is 6.84. The predicted molar refractivity (Wildman–Crippen MR) is 115 cm³/mol. The minimum absolute atomic E-state index is 0.211. The van der Waals surface area contributed by atoms with Crippen LogP contribution in [0.2, 0.25) is 0 Å². The SMILES string of the molecule is C1CCC(COCC2CCCC2)C1.CC(=O)O.CCOC(C)=O.c1ccncc1. The van der Waals surface area contributed by atoms with Crippen molar-refractivity contribution in [3.63, 3.8) is 0 Å². The molecule has 0 spiro atoms. The Balaban J connectivity index is 0.000000413. The number of ether oxygens (including phenoxy) is 2. The molecule has 6 nitrogen and oxygen atoms in total. The number of carboxylic acid groups (broad SMARTS) is 1. The molecule has 0 radical (unpaired) electrons. The van der Waals surface area contributed by atoms with Crippen LogP contribution in [-0.4, -0.2) is 41.8 Å². The van der Waals surface area contributed by atoms with E-state index in [2.05, 4.69) is 9.72 Å². The fraction of sp³-hybridized carbons (Fsp3) is 0.696. The van der Waals surface area contributed by atoms with E-state index in [9.17, 15) is 4.79 Å². The van der Waals surface area contributed by atoms with E-state index in [4.69, 9.17) is 14.6 Å². The van der Waals surface area contributed by atoms with Crippen LogP contribution in [0.3, 0.4) is 0 Å². The maximum atomic E-state index is 9.82. The summed E-state index contributed by atoms with van der Waals surface area (Å²) in [5.41, 5.74) is 0. The highest BCUT2D eigenvalue weighted by Gasteiger charge is 2.18. The average Bonchev–Trinajstić information content (AvgIpc) is 3.38. The highest BCUT2D eigenvalue weighted by atomic mass is 16.5. The Morgan fingerprint density at radius 3 is 1.52 bits per heavy atom. The van der Waals surface area contributed by atoms with E-state index in [0.717, 1.165) is 32.0 Å². The lowest BCUT2D eigenvalue weighted by Crippen LogP contribution is -2.11. The van der Waals surface area contributed by atoms with Gasteiger partial charge in [0.15, 0.2) is 0 Å². The highest BCUT2D eigenvalue weighted by molar-refractivity contribution is 5.65. The first kappa shape index (κ1) is 27.0. The minimum Gasteiger partial charge on any atom is -0.481 e. The van der Waals surface area contributed by atoms with Crippen LogP contribution in [-0.2, 0) is 19.1 Å².